The van der Waals surface area contributed by atoms with Crippen molar-refractivity contribution < 1.29 is 9.90 Å². The van der Waals surface area contributed by atoms with Crippen LogP contribution in [-0.4, -0.2) is 72.3 Å². The van der Waals surface area contributed by atoms with Crippen LogP contribution in [0.1, 0.15) is 48.6 Å². The van der Waals surface area contributed by atoms with Gasteiger partial charge in [0, 0.05) is 38.7 Å². The van der Waals surface area contributed by atoms with Gasteiger partial charge in [-0.1, -0.05) is 13.8 Å². The molecule has 7 heteroatoms. The number of hydrogen-bond donors (Lipinski definition) is 2. The number of nitrogens with zero attached hydrogens (tertiary/aromatic N) is 4. The van der Waals surface area contributed by atoms with Crippen LogP contribution in [0.4, 0.5) is 5.82 Å². The lowest BCUT2D eigenvalue weighted by molar-refractivity contribution is 0.0940. The summed E-state index contributed by atoms with van der Waals surface area (Å²) < 4.78 is 0. The number of likely N-dealkylation sites (tertiary alicyclic amines) is 1. The highest BCUT2D eigenvalue weighted by Crippen LogP contribution is 2.26. The van der Waals surface area contributed by atoms with E-state index in [9.17, 15) is 4.79 Å². The molecule has 0 spiro atoms. The fourth-order valence-corrected chi connectivity index (χ4v) is 4.10. The zero-order chi connectivity index (χ0) is 19.4. The number of amides is 1. The second-order valence-electron chi connectivity index (χ2n) is 8.28. The molecule has 0 bridgehead atoms. The van der Waals surface area contributed by atoms with Crippen molar-refractivity contribution in [2.75, 3.05) is 51.3 Å². The number of aromatic nitrogens is 2. The molecule has 150 valence electrons. The number of aliphatic hydroxyl groups excluding tert-OH is 1. The summed E-state index contributed by atoms with van der Waals surface area (Å²) >= 11 is 0. The van der Waals surface area contributed by atoms with E-state index in [0.29, 0.717) is 24.1 Å². The summed E-state index contributed by atoms with van der Waals surface area (Å²) in [5.74, 6) is 2.68. The Morgan fingerprint density at radius 1 is 1.30 bits per heavy atom. The van der Waals surface area contributed by atoms with E-state index < -0.39 is 0 Å². The zero-order valence-corrected chi connectivity index (χ0v) is 16.9. The van der Waals surface area contributed by atoms with Crippen molar-refractivity contribution in [3.63, 3.8) is 0 Å². The van der Waals surface area contributed by atoms with E-state index in [1.54, 1.807) is 0 Å². The van der Waals surface area contributed by atoms with Crippen LogP contribution in [0.5, 0.6) is 0 Å². The molecule has 0 aromatic carbocycles. The van der Waals surface area contributed by atoms with Gasteiger partial charge in [0.25, 0.3) is 5.91 Å². The molecule has 2 aliphatic rings. The predicted molar refractivity (Wildman–Crippen MR) is 106 cm³/mol. The Labute approximate surface area is 162 Å². The summed E-state index contributed by atoms with van der Waals surface area (Å²) in [6.45, 7) is 8.98. The maximum absolute atomic E-state index is 12.3. The monoisotopic (exact) mass is 375 g/mol. The van der Waals surface area contributed by atoms with Crippen molar-refractivity contribution in [2.45, 2.75) is 39.5 Å². The van der Waals surface area contributed by atoms with Gasteiger partial charge >= 0.3 is 0 Å². The first-order valence-electron chi connectivity index (χ1n) is 10.2. The topological polar surface area (TPSA) is 81.6 Å². The third-order valence-corrected chi connectivity index (χ3v) is 5.52. The lowest BCUT2D eigenvalue weighted by Gasteiger charge is -2.34. The van der Waals surface area contributed by atoms with E-state index in [1.807, 2.05) is 0 Å². The molecular formula is C20H33N5O2. The van der Waals surface area contributed by atoms with Gasteiger partial charge in [0.15, 0.2) is 0 Å². The van der Waals surface area contributed by atoms with Crippen LogP contribution in [0, 0.1) is 11.8 Å². The molecule has 0 aliphatic carbocycles. The minimum atomic E-state index is -0.0735. The van der Waals surface area contributed by atoms with Gasteiger partial charge in [-0.15, -0.1) is 0 Å². The van der Waals surface area contributed by atoms with Crippen LogP contribution in [-0.2, 0) is 12.8 Å². The van der Waals surface area contributed by atoms with Crippen LogP contribution in [0.15, 0.2) is 0 Å². The summed E-state index contributed by atoms with van der Waals surface area (Å²) in [7, 11) is 2.09. The lowest BCUT2D eigenvalue weighted by Crippen LogP contribution is -2.40. The minimum absolute atomic E-state index is 0.0735. The highest BCUT2D eigenvalue weighted by Gasteiger charge is 2.27. The molecule has 1 amide bonds. The molecule has 0 radical (unpaired) electrons. The van der Waals surface area contributed by atoms with Crippen molar-refractivity contribution in [1.29, 1.82) is 0 Å². The highest BCUT2D eigenvalue weighted by molar-refractivity contribution is 5.96. The molecule has 2 aliphatic heterocycles. The second-order valence-corrected chi connectivity index (χ2v) is 8.28. The third-order valence-electron chi connectivity index (χ3n) is 5.52. The van der Waals surface area contributed by atoms with E-state index in [4.69, 9.17) is 10.1 Å². The number of nitrogens with one attached hydrogen (secondary N) is 1. The zero-order valence-electron chi connectivity index (χ0n) is 16.9. The molecule has 1 aromatic rings. The molecule has 0 atom stereocenters. The molecule has 3 rings (SSSR count). The van der Waals surface area contributed by atoms with E-state index in [0.717, 1.165) is 69.1 Å². The summed E-state index contributed by atoms with van der Waals surface area (Å²) in [4.78, 5) is 26.3. The largest absolute Gasteiger partial charge is 0.395 e. The normalized spacial score (nSPS) is 18.5. The van der Waals surface area contributed by atoms with Crippen LogP contribution < -0.4 is 10.2 Å². The van der Waals surface area contributed by atoms with Crippen LogP contribution in [0.3, 0.4) is 0 Å². The van der Waals surface area contributed by atoms with Crippen LogP contribution in [0.2, 0.25) is 0 Å². The molecule has 1 aromatic heterocycles. The molecule has 0 saturated carbocycles. The number of rotatable bonds is 7. The Balaban J connectivity index is 1.76. The van der Waals surface area contributed by atoms with Crippen molar-refractivity contribution >= 4 is 11.7 Å². The van der Waals surface area contributed by atoms with Crippen molar-refractivity contribution in [3.8, 4) is 0 Å². The van der Waals surface area contributed by atoms with Gasteiger partial charge in [-0.25, -0.2) is 9.97 Å². The van der Waals surface area contributed by atoms with Gasteiger partial charge in [0.1, 0.15) is 17.3 Å². The maximum atomic E-state index is 12.3. The number of anilines is 1. The quantitative estimate of drug-likeness (QED) is 0.743. The summed E-state index contributed by atoms with van der Waals surface area (Å²) in [6, 6.07) is 0. The molecule has 7 nitrogen and oxygen atoms in total. The van der Waals surface area contributed by atoms with E-state index in [-0.39, 0.29) is 12.5 Å². The van der Waals surface area contributed by atoms with Crippen molar-refractivity contribution in [2.24, 2.45) is 11.8 Å². The fourth-order valence-electron chi connectivity index (χ4n) is 4.10. The standard InChI is InChI=1S/C20H33N5O2/c1-14(2)12-17-22-18-16(4-7-21-20(18)27)19(23-17)24(3)13-15-5-8-25(9-6-15)10-11-26/h14-15,26H,4-13H2,1-3H3,(H,21,27). The summed E-state index contributed by atoms with van der Waals surface area (Å²) in [6.07, 6.45) is 3.84. The number of aliphatic hydroxyl groups is 1. The van der Waals surface area contributed by atoms with Gasteiger partial charge in [-0.05, 0) is 44.2 Å². The van der Waals surface area contributed by atoms with Crippen molar-refractivity contribution in [3.05, 3.63) is 17.1 Å². The third kappa shape index (κ3) is 4.96. The lowest BCUT2D eigenvalue weighted by atomic mass is 9.96. The first-order chi connectivity index (χ1) is 13.0. The highest BCUT2D eigenvalue weighted by atomic mass is 16.3. The number of carbonyl (C=O) groups is 1. The fraction of sp³-hybridized carbons (Fsp3) is 0.750. The molecule has 1 saturated heterocycles. The Morgan fingerprint density at radius 2 is 2.04 bits per heavy atom. The summed E-state index contributed by atoms with van der Waals surface area (Å²) in [5.41, 5.74) is 1.55. The van der Waals surface area contributed by atoms with Crippen molar-refractivity contribution in [1.82, 2.24) is 20.2 Å². The van der Waals surface area contributed by atoms with Crippen LogP contribution in [0.25, 0.3) is 0 Å². The molecule has 1 fully saturated rings. The van der Waals surface area contributed by atoms with Gasteiger partial charge in [-0.3, -0.25) is 4.79 Å². The van der Waals surface area contributed by atoms with Crippen LogP contribution >= 0.6 is 0 Å². The Kier molecular flexibility index (Phi) is 6.65. The Bertz CT molecular complexity index is 656. The molecule has 27 heavy (non-hydrogen) atoms. The SMILES string of the molecule is CC(C)Cc1nc2c(c(N(C)CC3CCN(CCO)CC3)n1)CCNC2=O. The van der Waals surface area contributed by atoms with Gasteiger partial charge in [-0.2, -0.15) is 0 Å². The van der Waals surface area contributed by atoms with E-state index in [2.05, 4.69) is 41.0 Å². The number of piperidine rings is 1. The maximum Gasteiger partial charge on any atom is 0.270 e. The van der Waals surface area contributed by atoms with E-state index >= 15 is 0 Å². The number of hydrogen-bond acceptors (Lipinski definition) is 6. The average molecular weight is 376 g/mol. The Hall–Kier alpha value is -1.73. The van der Waals surface area contributed by atoms with Gasteiger partial charge in [0.05, 0.1) is 6.61 Å². The number of β-amino-alcohol motifs (C(OH)–C–C–N with tert-alkyl or cyclic N) is 1. The number of carbonyl (C=O) groups excluding carboxylic acids is 1. The predicted octanol–water partition coefficient (Wildman–Crippen LogP) is 1.10. The Morgan fingerprint density at radius 3 is 2.70 bits per heavy atom. The summed E-state index contributed by atoms with van der Waals surface area (Å²) in [5, 5.41) is 12.0. The molecular weight excluding hydrogens is 342 g/mol. The smallest absolute Gasteiger partial charge is 0.270 e. The van der Waals surface area contributed by atoms with Gasteiger partial charge < -0.3 is 20.2 Å². The van der Waals surface area contributed by atoms with E-state index in [1.165, 1.54) is 0 Å². The molecule has 3 heterocycles. The average Bonchev–Trinajstić information content (AvgIpc) is 2.63. The number of fused-ring (bicyclic) bond motifs is 1. The first-order valence-corrected chi connectivity index (χ1v) is 10.2. The molecule has 2 N–H and O–H groups in total. The molecule has 0 unspecified atom stereocenters. The minimum Gasteiger partial charge on any atom is -0.395 e. The van der Waals surface area contributed by atoms with Gasteiger partial charge in [0.2, 0.25) is 0 Å². The second kappa shape index (κ2) is 8.97. The first kappa shape index (κ1) is 20.0.